The van der Waals surface area contributed by atoms with Crippen molar-refractivity contribution >= 4 is 0 Å². The van der Waals surface area contributed by atoms with Crippen LogP contribution in [0.2, 0.25) is 0 Å². The lowest BCUT2D eigenvalue weighted by Crippen LogP contribution is -2.05. The summed E-state index contributed by atoms with van der Waals surface area (Å²) in [6.07, 6.45) is 1.71. The standard InChI is InChI=1S/C14H15FN2O/c1-10-4-3-5-12(14(10)15)18-13-7-6-11(8-16-2)9-17-13/h3-7,9,16H,8H2,1-2H3. The molecule has 2 aromatic rings. The van der Waals surface area contributed by atoms with Crippen molar-refractivity contribution < 1.29 is 9.13 Å². The van der Waals surface area contributed by atoms with Gasteiger partial charge in [0, 0.05) is 18.8 Å². The lowest BCUT2D eigenvalue weighted by atomic mass is 10.2. The maximum absolute atomic E-state index is 13.7. The van der Waals surface area contributed by atoms with E-state index < -0.39 is 0 Å². The van der Waals surface area contributed by atoms with Crippen LogP contribution >= 0.6 is 0 Å². The SMILES string of the molecule is CNCc1ccc(Oc2cccc(C)c2F)nc1. The van der Waals surface area contributed by atoms with Crippen LogP contribution in [0, 0.1) is 12.7 Å². The zero-order chi connectivity index (χ0) is 13.0. The van der Waals surface area contributed by atoms with Crippen LogP contribution in [0.15, 0.2) is 36.5 Å². The number of halogens is 1. The second kappa shape index (κ2) is 5.60. The molecular weight excluding hydrogens is 231 g/mol. The summed E-state index contributed by atoms with van der Waals surface area (Å²) in [5.74, 6) is 0.238. The van der Waals surface area contributed by atoms with Crippen LogP contribution in [0.3, 0.4) is 0 Å². The number of aryl methyl sites for hydroxylation is 1. The predicted octanol–water partition coefficient (Wildman–Crippen LogP) is 3.04. The van der Waals surface area contributed by atoms with E-state index in [0.717, 1.165) is 12.1 Å². The number of benzene rings is 1. The lowest BCUT2D eigenvalue weighted by molar-refractivity contribution is 0.425. The molecule has 0 saturated heterocycles. The van der Waals surface area contributed by atoms with Gasteiger partial charge in [-0.2, -0.15) is 0 Å². The minimum atomic E-state index is -0.349. The maximum Gasteiger partial charge on any atom is 0.219 e. The summed E-state index contributed by atoms with van der Waals surface area (Å²) in [6, 6.07) is 8.67. The number of rotatable bonds is 4. The van der Waals surface area contributed by atoms with Gasteiger partial charge in [0.05, 0.1) is 0 Å². The van der Waals surface area contributed by atoms with E-state index in [1.807, 2.05) is 13.1 Å². The molecule has 0 aliphatic rings. The van der Waals surface area contributed by atoms with Crippen molar-refractivity contribution in [3.8, 4) is 11.6 Å². The molecule has 2 rings (SSSR count). The number of aromatic nitrogens is 1. The largest absolute Gasteiger partial charge is 0.436 e. The van der Waals surface area contributed by atoms with Gasteiger partial charge in [0.25, 0.3) is 0 Å². The van der Waals surface area contributed by atoms with E-state index in [1.54, 1.807) is 37.4 Å². The van der Waals surface area contributed by atoms with Crippen molar-refractivity contribution in [3.05, 3.63) is 53.5 Å². The minimum Gasteiger partial charge on any atom is -0.436 e. The first kappa shape index (κ1) is 12.5. The van der Waals surface area contributed by atoms with Gasteiger partial charge in [0.2, 0.25) is 5.88 Å². The highest BCUT2D eigenvalue weighted by Crippen LogP contribution is 2.24. The molecule has 94 valence electrons. The van der Waals surface area contributed by atoms with Crippen molar-refractivity contribution in [2.24, 2.45) is 0 Å². The maximum atomic E-state index is 13.7. The van der Waals surface area contributed by atoms with Crippen LogP contribution in [0.4, 0.5) is 4.39 Å². The molecule has 0 aliphatic carbocycles. The molecule has 0 amide bonds. The molecule has 1 aromatic carbocycles. The molecule has 0 atom stereocenters. The molecule has 3 nitrogen and oxygen atoms in total. The van der Waals surface area contributed by atoms with Crippen molar-refractivity contribution in [1.29, 1.82) is 0 Å². The number of nitrogens with zero attached hydrogens (tertiary/aromatic N) is 1. The molecule has 1 aromatic heterocycles. The van der Waals surface area contributed by atoms with Crippen LogP contribution in [0.5, 0.6) is 11.6 Å². The highest BCUT2D eigenvalue weighted by Gasteiger charge is 2.07. The molecule has 0 spiro atoms. The van der Waals surface area contributed by atoms with E-state index in [4.69, 9.17) is 4.74 Å². The third-order valence-electron chi connectivity index (χ3n) is 2.55. The summed E-state index contributed by atoms with van der Waals surface area (Å²) in [5.41, 5.74) is 1.61. The van der Waals surface area contributed by atoms with Crippen LogP contribution < -0.4 is 10.1 Å². The van der Waals surface area contributed by atoms with E-state index >= 15 is 0 Å². The van der Waals surface area contributed by atoms with Gasteiger partial charge in [-0.1, -0.05) is 18.2 Å². The first-order valence-electron chi connectivity index (χ1n) is 5.73. The Bertz CT molecular complexity index is 526. The van der Waals surface area contributed by atoms with E-state index in [2.05, 4.69) is 10.3 Å². The zero-order valence-corrected chi connectivity index (χ0v) is 10.4. The Hall–Kier alpha value is -1.94. The molecule has 0 bridgehead atoms. The molecule has 0 fully saturated rings. The van der Waals surface area contributed by atoms with Crippen LogP contribution in [-0.4, -0.2) is 12.0 Å². The molecule has 0 unspecified atom stereocenters. The van der Waals surface area contributed by atoms with E-state index in [-0.39, 0.29) is 11.6 Å². The Labute approximate surface area is 106 Å². The van der Waals surface area contributed by atoms with Gasteiger partial charge in [-0.3, -0.25) is 0 Å². The number of nitrogens with one attached hydrogen (secondary N) is 1. The predicted molar refractivity (Wildman–Crippen MR) is 68.2 cm³/mol. The fourth-order valence-corrected chi connectivity index (χ4v) is 1.59. The fourth-order valence-electron chi connectivity index (χ4n) is 1.59. The fraction of sp³-hybridized carbons (Fsp3) is 0.214. The van der Waals surface area contributed by atoms with Gasteiger partial charge >= 0.3 is 0 Å². The van der Waals surface area contributed by atoms with E-state index in [0.29, 0.717) is 11.4 Å². The Morgan fingerprint density at radius 2 is 2.11 bits per heavy atom. The summed E-state index contributed by atoms with van der Waals surface area (Å²) >= 11 is 0. The first-order chi connectivity index (χ1) is 8.70. The summed E-state index contributed by atoms with van der Waals surface area (Å²) in [4.78, 5) is 4.13. The Morgan fingerprint density at radius 1 is 1.28 bits per heavy atom. The van der Waals surface area contributed by atoms with Crippen LogP contribution in [0.25, 0.3) is 0 Å². The molecule has 0 aliphatic heterocycles. The van der Waals surface area contributed by atoms with Gasteiger partial charge in [0.15, 0.2) is 11.6 Å². The average molecular weight is 246 g/mol. The molecule has 4 heteroatoms. The molecule has 0 radical (unpaired) electrons. The van der Waals surface area contributed by atoms with Gasteiger partial charge in [-0.05, 0) is 31.2 Å². The summed E-state index contributed by atoms with van der Waals surface area (Å²) in [6.45, 7) is 2.44. The second-order valence-electron chi connectivity index (χ2n) is 4.02. The van der Waals surface area contributed by atoms with Crippen molar-refractivity contribution in [2.75, 3.05) is 7.05 Å². The quantitative estimate of drug-likeness (QED) is 0.900. The van der Waals surface area contributed by atoms with E-state index in [9.17, 15) is 4.39 Å². The molecule has 0 saturated carbocycles. The summed E-state index contributed by atoms with van der Waals surface area (Å²) in [7, 11) is 1.87. The molecule has 18 heavy (non-hydrogen) atoms. The Morgan fingerprint density at radius 3 is 2.78 bits per heavy atom. The minimum absolute atomic E-state index is 0.198. The molecule has 1 N–H and O–H groups in total. The number of pyridine rings is 1. The summed E-state index contributed by atoms with van der Waals surface area (Å²) < 4.78 is 19.1. The van der Waals surface area contributed by atoms with Gasteiger partial charge in [-0.15, -0.1) is 0 Å². The van der Waals surface area contributed by atoms with Crippen molar-refractivity contribution in [1.82, 2.24) is 10.3 Å². The van der Waals surface area contributed by atoms with Gasteiger partial charge < -0.3 is 10.1 Å². The number of hydrogen-bond acceptors (Lipinski definition) is 3. The van der Waals surface area contributed by atoms with Gasteiger partial charge in [-0.25, -0.2) is 9.37 Å². The monoisotopic (exact) mass is 246 g/mol. The Balaban J connectivity index is 2.16. The normalized spacial score (nSPS) is 10.4. The first-order valence-corrected chi connectivity index (χ1v) is 5.73. The Kier molecular flexibility index (Phi) is 3.89. The highest BCUT2D eigenvalue weighted by molar-refractivity contribution is 5.33. The summed E-state index contributed by atoms with van der Waals surface area (Å²) in [5, 5.41) is 3.03. The lowest BCUT2D eigenvalue weighted by Gasteiger charge is -2.07. The van der Waals surface area contributed by atoms with Crippen molar-refractivity contribution in [2.45, 2.75) is 13.5 Å². The topological polar surface area (TPSA) is 34.1 Å². The average Bonchev–Trinajstić information content (AvgIpc) is 2.38. The number of hydrogen-bond donors (Lipinski definition) is 1. The molecule has 1 heterocycles. The van der Waals surface area contributed by atoms with Gasteiger partial charge in [0.1, 0.15) is 0 Å². The van der Waals surface area contributed by atoms with E-state index in [1.165, 1.54) is 0 Å². The molecular formula is C14H15FN2O. The number of ether oxygens (including phenoxy) is 1. The second-order valence-corrected chi connectivity index (χ2v) is 4.02. The van der Waals surface area contributed by atoms with Crippen LogP contribution in [0.1, 0.15) is 11.1 Å². The third kappa shape index (κ3) is 2.84. The highest BCUT2D eigenvalue weighted by atomic mass is 19.1. The smallest absolute Gasteiger partial charge is 0.219 e. The van der Waals surface area contributed by atoms with Crippen LogP contribution in [-0.2, 0) is 6.54 Å². The third-order valence-corrected chi connectivity index (χ3v) is 2.55. The zero-order valence-electron chi connectivity index (χ0n) is 10.4. The van der Waals surface area contributed by atoms with Crippen molar-refractivity contribution in [3.63, 3.8) is 0 Å².